The van der Waals surface area contributed by atoms with Gasteiger partial charge in [-0.25, -0.2) is 9.59 Å². The zero-order valence-electron chi connectivity index (χ0n) is 21.1. The minimum atomic E-state index is -0.740. The predicted molar refractivity (Wildman–Crippen MR) is 141 cm³/mol. The molecule has 8 heteroatoms. The molecule has 0 spiro atoms. The predicted octanol–water partition coefficient (Wildman–Crippen LogP) is 6.43. The number of hydrogen-bond donors (Lipinski definition) is 2. The lowest BCUT2D eigenvalue weighted by atomic mass is 9.77. The van der Waals surface area contributed by atoms with Crippen LogP contribution in [0.4, 0.5) is 9.59 Å². The molecule has 194 valence electrons. The van der Waals surface area contributed by atoms with Gasteiger partial charge in [-0.3, -0.25) is 0 Å². The Kier molecular flexibility index (Phi) is 7.83. The number of ether oxygens (including phenoxy) is 3. The van der Waals surface area contributed by atoms with Gasteiger partial charge in [0.2, 0.25) is 0 Å². The van der Waals surface area contributed by atoms with Crippen LogP contribution in [-0.2, 0) is 16.1 Å². The van der Waals surface area contributed by atoms with Crippen molar-refractivity contribution in [2.75, 3.05) is 0 Å². The second kappa shape index (κ2) is 10.7. The van der Waals surface area contributed by atoms with Crippen LogP contribution in [0.25, 0.3) is 0 Å². The Balaban J connectivity index is 1.34. The molecule has 2 aromatic rings. The molecule has 0 aliphatic heterocycles. The van der Waals surface area contributed by atoms with Gasteiger partial charge in [0.1, 0.15) is 23.6 Å². The van der Waals surface area contributed by atoms with Crippen molar-refractivity contribution < 1.29 is 23.8 Å². The van der Waals surface area contributed by atoms with E-state index in [1.165, 1.54) is 5.56 Å². The van der Waals surface area contributed by atoms with E-state index in [0.29, 0.717) is 38.2 Å². The Morgan fingerprint density at radius 1 is 1.11 bits per heavy atom. The smallest absolute Gasteiger partial charge is 0.407 e. The fraction of sp³-hybridized carbons (Fsp3) is 0.500. The molecule has 0 aromatic heterocycles. The maximum absolute atomic E-state index is 12.2. The van der Waals surface area contributed by atoms with E-state index in [1.807, 2.05) is 57.2 Å². The first-order valence-corrected chi connectivity index (χ1v) is 13.3. The van der Waals surface area contributed by atoms with Crippen molar-refractivity contribution in [2.24, 2.45) is 11.7 Å². The molecule has 2 aromatic carbocycles. The summed E-state index contributed by atoms with van der Waals surface area (Å²) in [4.78, 5) is 24.0. The van der Waals surface area contributed by atoms with E-state index in [9.17, 15) is 9.59 Å². The summed E-state index contributed by atoms with van der Waals surface area (Å²) >= 11 is 3.48. The molecular formula is C28H35BrN2O5. The number of halogens is 1. The van der Waals surface area contributed by atoms with E-state index in [4.69, 9.17) is 19.9 Å². The Morgan fingerprint density at radius 2 is 1.81 bits per heavy atom. The molecule has 0 bridgehead atoms. The second-order valence-corrected chi connectivity index (χ2v) is 11.8. The highest BCUT2D eigenvalue weighted by atomic mass is 79.9. The fourth-order valence-electron chi connectivity index (χ4n) is 5.22. The van der Waals surface area contributed by atoms with Crippen LogP contribution in [0, 0.1) is 5.92 Å². The molecule has 0 unspecified atom stereocenters. The van der Waals surface area contributed by atoms with Gasteiger partial charge in [0, 0.05) is 16.4 Å². The van der Waals surface area contributed by atoms with Crippen molar-refractivity contribution in [3.8, 4) is 5.75 Å². The van der Waals surface area contributed by atoms with Crippen LogP contribution in [0.5, 0.6) is 5.75 Å². The summed E-state index contributed by atoms with van der Waals surface area (Å²) in [7, 11) is 0. The first kappa shape index (κ1) is 26.3. The van der Waals surface area contributed by atoms with Crippen molar-refractivity contribution in [1.82, 2.24) is 5.32 Å². The minimum Gasteiger partial charge on any atom is -0.489 e. The van der Waals surface area contributed by atoms with Gasteiger partial charge in [-0.15, -0.1) is 0 Å². The van der Waals surface area contributed by atoms with Gasteiger partial charge in [-0.05, 0) is 94.2 Å². The second-order valence-electron chi connectivity index (χ2n) is 10.8. The molecule has 2 atom stereocenters. The van der Waals surface area contributed by atoms with Crippen molar-refractivity contribution in [1.29, 1.82) is 0 Å². The molecule has 2 fully saturated rings. The average Bonchev–Trinajstić information content (AvgIpc) is 3.60. The first-order chi connectivity index (χ1) is 17.0. The van der Waals surface area contributed by atoms with Crippen LogP contribution < -0.4 is 15.8 Å². The fourth-order valence-corrected chi connectivity index (χ4v) is 5.67. The molecule has 0 radical (unpaired) electrons. The van der Waals surface area contributed by atoms with E-state index < -0.39 is 23.4 Å². The molecule has 0 heterocycles. The largest absolute Gasteiger partial charge is 0.489 e. The number of alkyl carbamates (subject to hydrolysis) is 1. The Hall–Kier alpha value is -2.74. The SMILES string of the molecule is CC(C)(C)OC(=O)NC1CCC(OC(N)=O)([C@@H]2C[C@H]2c2ccc(OCc3cccc(Br)c3)cc2)CC1. The van der Waals surface area contributed by atoms with Crippen LogP contribution >= 0.6 is 15.9 Å². The van der Waals surface area contributed by atoms with Gasteiger partial charge in [0.05, 0.1) is 0 Å². The number of nitrogens with two attached hydrogens (primary N) is 1. The molecule has 2 saturated carbocycles. The zero-order chi connectivity index (χ0) is 25.9. The van der Waals surface area contributed by atoms with E-state index >= 15 is 0 Å². The Bertz CT molecular complexity index is 1070. The number of rotatable bonds is 7. The lowest BCUT2D eigenvalue weighted by Crippen LogP contribution is -2.48. The monoisotopic (exact) mass is 558 g/mol. The molecule has 36 heavy (non-hydrogen) atoms. The van der Waals surface area contributed by atoms with Gasteiger partial charge >= 0.3 is 12.2 Å². The van der Waals surface area contributed by atoms with Gasteiger partial charge in [0.25, 0.3) is 0 Å². The van der Waals surface area contributed by atoms with Crippen LogP contribution in [0.2, 0.25) is 0 Å². The molecule has 2 aliphatic carbocycles. The summed E-state index contributed by atoms with van der Waals surface area (Å²) in [5.74, 6) is 1.33. The van der Waals surface area contributed by atoms with Gasteiger partial charge in [-0.2, -0.15) is 0 Å². The van der Waals surface area contributed by atoms with Crippen LogP contribution in [0.1, 0.15) is 69.9 Å². The number of nitrogens with one attached hydrogen (secondary N) is 1. The molecule has 2 amide bonds. The quantitative estimate of drug-likeness (QED) is 0.407. The standard InChI is InChI=1S/C28H35BrN2O5/c1-27(2,3)36-26(33)31-21-11-13-28(14-12-21,35-25(30)32)24-16-23(24)19-7-9-22(10-8-19)34-17-18-5-4-6-20(29)15-18/h4-10,15,21,23-24H,11-14,16-17H2,1-3H3,(H2,30,32)(H,31,33)/t21?,23-,24+,28?/m0/s1. The molecule has 2 aliphatic rings. The van der Waals surface area contributed by atoms with Gasteiger partial charge in [-0.1, -0.05) is 40.2 Å². The zero-order valence-corrected chi connectivity index (χ0v) is 22.7. The van der Waals surface area contributed by atoms with Crippen LogP contribution in [0.3, 0.4) is 0 Å². The minimum absolute atomic E-state index is 0.0108. The highest BCUT2D eigenvalue weighted by molar-refractivity contribution is 9.10. The lowest BCUT2D eigenvalue weighted by molar-refractivity contribution is -0.0374. The summed E-state index contributed by atoms with van der Waals surface area (Å²) in [6.45, 7) is 6.02. The Labute approximate surface area is 221 Å². The molecule has 3 N–H and O–H groups in total. The van der Waals surface area contributed by atoms with Crippen LogP contribution in [-0.4, -0.2) is 29.4 Å². The van der Waals surface area contributed by atoms with Gasteiger partial charge in [0.15, 0.2) is 0 Å². The molecule has 4 rings (SSSR count). The Morgan fingerprint density at radius 3 is 2.42 bits per heavy atom. The number of amides is 2. The topological polar surface area (TPSA) is 99.9 Å². The van der Waals surface area contributed by atoms with E-state index in [2.05, 4.69) is 33.4 Å². The van der Waals surface area contributed by atoms with E-state index in [0.717, 1.165) is 22.2 Å². The van der Waals surface area contributed by atoms with Gasteiger partial charge < -0.3 is 25.3 Å². The third-order valence-corrected chi connectivity index (χ3v) is 7.42. The molecule has 7 nitrogen and oxygen atoms in total. The molecular weight excluding hydrogens is 524 g/mol. The molecule has 0 saturated heterocycles. The number of benzene rings is 2. The van der Waals surface area contributed by atoms with Crippen molar-refractivity contribution in [3.63, 3.8) is 0 Å². The third-order valence-electron chi connectivity index (χ3n) is 6.93. The van der Waals surface area contributed by atoms with Crippen LogP contribution in [0.15, 0.2) is 53.0 Å². The number of primary amides is 1. The number of hydrogen-bond acceptors (Lipinski definition) is 5. The first-order valence-electron chi connectivity index (χ1n) is 12.5. The number of carbonyl (C=O) groups excluding carboxylic acids is 2. The maximum Gasteiger partial charge on any atom is 0.407 e. The summed E-state index contributed by atoms with van der Waals surface area (Å²) in [6.07, 6.45) is 2.51. The van der Waals surface area contributed by atoms with Crippen molar-refractivity contribution in [2.45, 2.75) is 82.6 Å². The maximum atomic E-state index is 12.2. The lowest BCUT2D eigenvalue weighted by Gasteiger charge is -2.40. The van der Waals surface area contributed by atoms with E-state index in [1.54, 1.807) is 0 Å². The number of carbonyl (C=O) groups is 2. The highest BCUT2D eigenvalue weighted by Crippen LogP contribution is 2.58. The van der Waals surface area contributed by atoms with Crippen molar-refractivity contribution in [3.05, 3.63) is 64.1 Å². The normalized spacial score (nSPS) is 25.5. The summed E-state index contributed by atoms with van der Waals surface area (Å²) in [5.41, 5.74) is 6.64. The highest BCUT2D eigenvalue weighted by Gasteiger charge is 2.56. The average molecular weight is 560 g/mol. The summed E-state index contributed by atoms with van der Waals surface area (Å²) < 4.78 is 18.1. The summed E-state index contributed by atoms with van der Waals surface area (Å²) in [6, 6.07) is 16.2. The van der Waals surface area contributed by atoms with Crippen molar-refractivity contribution >= 4 is 28.1 Å². The third kappa shape index (κ3) is 6.93. The summed E-state index contributed by atoms with van der Waals surface area (Å²) in [5, 5.41) is 2.95. The van der Waals surface area contributed by atoms with E-state index in [-0.39, 0.29) is 12.0 Å².